The molecule has 1 N–H and O–H groups in total. The lowest BCUT2D eigenvalue weighted by molar-refractivity contribution is 0.0185. The molecule has 1 amide bonds. The largest absolute Gasteiger partial charge is 0.493 e. The van der Waals surface area contributed by atoms with E-state index in [0.717, 1.165) is 30.8 Å². The Hall–Kier alpha value is -3.86. The molecular weight excluding hydrogens is 490 g/mol. The summed E-state index contributed by atoms with van der Waals surface area (Å²) in [5.41, 5.74) is 2.38. The minimum atomic E-state index is -0.310. The summed E-state index contributed by atoms with van der Waals surface area (Å²) in [6, 6.07) is 19.0. The predicted octanol–water partition coefficient (Wildman–Crippen LogP) is 4.31. The molecule has 9 nitrogen and oxygen atoms in total. The second-order valence-electron chi connectivity index (χ2n) is 8.40. The van der Waals surface area contributed by atoms with Gasteiger partial charge in [0.1, 0.15) is 11.1 Å². The number of morpholine rings is 1. The topological polar surface area (TPSA) is 98.7 Å². The van der Waals surface area contributed by atoms with Crippen molar-refractivity contribution in [1.29, 1.82) is 0 Å². The Balaban J connectivity index is 1.31. The molecule has 1 aliphatic heterocycles. The zero-order valence-corrected chi connectivity index (χ0v) is 21.2. The van der Waals surface area contributed by atoms with Gasteiger partial charge in [0.25, 0.3) is 5.91 Å². The lowest BCUT2D eigenvalue weighted by Crippen LogP contribution is -2.39. The van der Waals surface area contributed by atoms with Crippen LogP contribution >= 0.6 is 11.3 Å². The molecule has 0 aliphatic carbocycles. The molecule has 0 bridgehead atoms. The smallest absolute Gasteiger partial charge is 0.257 e. The third-order valence-electron chi connectivity index (χ3n) is 5.97. The Kier molecular flexibility index (Phi) is 7.99. The molecule has 1 atom stereocenters. The van der Waals surface area contributed by atoms with E-state index in [0.29, 0.717) is 40.4 Å². The first-order valence-corrected chi connectivity index (χ1v) is 12.8. The van der Waals surface area contributed by atoms with Gasteiger partial charge in [0.2, 0.25) is 5.13 Å². The predicted molar refractivity (Wildman–Crippen MR) is 141 cm³/mol. The number of methoxy groups -OCH3 is 1. The summed E-state index contributed by atoms with van der Waals surface area (Å²) in [6.45, 7) is 3.87. The van der Waals surface area contributed by atoms with Crippen molar-refractivity contribution in [3.8, 4) is 22.1 Å². The summed E-state index contributed by atoms with van der Waals surface area (Å²) in [5, 5.41) is 12.2. The first-order chi connectivity index (χ1) is 18.2. The number of amides is 1. The second-order valence-corrected chi connectivity index (χ2v) is 9.38. The number of pyridine rings is 1. The molecule has 5 rings (SSSR count). The number of carbonyl (C=O) groups is 1. The molecule has 190 valence electrons. The molecule has 1 aliphatic rings. The SMILES string of the molecule is COc1cc(C(=O)Nc2nnc(-c3ccncc3)s2)ccc1OC(CN1CCOCC1)c1ccccc1. The summed E-state index contributed by atoms with van der Waals surface area (Å²) in [4.78, 5) is 19.3. The average molecular weight is 518 g/mol. The molecule has 37 heavy (non-hydrogen) atoms. The molecule has 1 unspecified atom stereocenters. The van der Waals surface area contributed by atoms with E-state index in [1.165, 1.54) is 11.3 Å². The summed E-state index contributed by atoms with van der Waals surface area (Å²) in [6.07, 6.45) is 3.17. The van der Waals surface area contributed by atoms with Crippen molar-refractivity contribution in [2.75, 3.05) is 45.3 Å². The van der Waals surface area contributed by atoms with Gasteiger partial charge in [0.15, 0.2) is 11.5 Å². The Morgan fingerprint density at radius 2 is 1.84 bits per heavy atom. The van der Waals surface area contributed by atoms with Crippen LogP contribution in [0.25, 0.3) is 10.6 Å². The van der Waals surface area contributed by atoms with Crippen LogP contribution in [0.15, 0.2) is 73.1 Å². The Bertz CT molecular complexity index is 1310. The number of benzene rings is 2. The fourth-order valence-electron chi connectivity index (χ4n) is 4.01. The Labute approximate surface area is 219 Å². The highest BCUT2D eigenvalue weighted by Gasteiger charge is 2.22. The van der Waals surface area contributed by atoms with Crippen LogP contribution in [0.3, 0.4) is 0 Å². The molecule has 2 aromatic heterocycles. The number of nitrogens with one attached hydrogen (secondary N) is 1. The molecule has 1 saturated heterocycles. The van der Waals surface area contributed by atoms with Crippen LogP contribution < -0.4 is 14.8 Å². The Morgan fingerprint density at radius 1 is 1.05 bits per heavy atom. The van der Waals surface area contributed by atoms with Crippen LogP contribution in [0.5, 0.6) is 11.5 Å². The van der Waals surface area contributed by atoms with Crippen LogP contribution in [-0.4, -0.2) is 65.9 Å². The highest BCUT2D eigenvalue weighted by molar-refractivity contribution is 7.18. The zero-order valence-electron chi connectivity index (χ0n) is 20.4. The van der Waals surface area contributed by atoms with Gasteiger partial charge in [-0.15, -0.1) is 10.2 Å². The second kappa shape index (κ2) is 11.9. The van der Waals surface area contributed by atoms with Gasteiger partial charge in [0.05, 0.1) is 20.3 Å². The lowest BCUT2D eigenvalue weighted by Gasteiger charge is -2.31. The monoisotopic (exact) mass is 517 g/mol. The highest BCUT2D eigenvalue weighted by Crippen LogP contribution is 2.33. The summed E-state index contributed by atoms with van der Waals surface area (Å²) >= 11 is 1.29. The average Bonchev–Trinajstić information content (AvgIpc) is 3.43. The fraction of sp³-hybridized carbons (Fsp3) is 0.259. The van der Waals surface area contributed by atoms with Crippen molar-refractivity contribution in [2.45, 2.75) is 6.10 Å². The van der Waals surface area contributed by atoms with E-state index in [2.05, 4.69) is 37.5 Å². The number of hydrogen-bond acceptors (Lipinski definition) is 9. The van der Waals surface area contributed by atoms with Crippen molar-refractivity contribution < 1.29 is 19.0 Å². The number of rotatable bonds is 9. The van der Waals surface area contributed by atoms with Crippen LogP contribution in [0.4, 0.5) is 5.13 Å². The fourth-order valence-corrected chi connectivity index (χ4v) is 4.75. The van der Waals surface area contributed by atoms with Crippen molar-refractivity contribution >= 4 is 22.4 Å². The van der Waals surface area contributed by atoms with Gasteiger partial charge in [-0.25, -0.2) is 0 Å². The van der Waals surface area contributed by atoms with Gasteiger partial charge in [-0.1, -0.05) is 41.7 Å². The molecule has 10 heteroatoms. The van der Waals surface area contributed by atoms with Crippen LogP contribution in [-0.2, 0) is 4.74 Å². The van der Waals surface area contributed by atoms with Crippen LogP contribution in [0.1, 0.15) is 22.0 Å². The zero-order chi connectivity index (χ0) is 25.5. The first-order valence-electron chi connectivity index (χ1n) is 11.9. The maximum absolute atomic E-state index is 12.9. The minimum absolute atomic E-state index is 0.208. The van der Waals surface area contributed by atoms with Gasteiger partial charge >= 0.3 is 0 Å². The molecule has 4 aromatic rings. The third kappa shape index (κ3) is 6.29. The van der Waals surface area contributed by atoms with Crippen molar-refractivity contribution in [3.05, 3.63) is 84.2 Å². The summed E-state index contributed by atoms with van der Waals surface area (Å²) in [7, 11) is 1.56. The Morgan fingerprint density at radius 3 is 2.59 bits per heavy atom. The molecular formula is C27H27N5O4S. The van der Waals surface area contributed by atoms with E-state index in [4.69, 9.17) is 14.2 Å². The number of anilines is 1. The standard InChI is InChI=1S/C27H27N5O4S/c1-34-23-17-21(25(33)29-27-31-30-26(37-27)20-9-11-28-12-10-20)7-8-22(23)36-24(19-5-3-2-4-6-19)18-32-13-15-35-16-14-32/h2-12,17,24H,13-16,18H2,1H3,(H,29,31,33). The van der Waals surface area contributed by atoms with Gasteiger partial charge < -0.3 is 14.2 Å². The molecule has 0 spiro atoms. The van der Waals surface area contributed by atoms with Crippen molar-refractivity contribution in [1.82, 2.24) is 20.1 Å². The maximum atomic E-state index is 12.9. The molecule has 3 heterocycles. The summed E-state index contributed by atoms with van der Waals surface area (Å²) in [5.74, 6) is 0.734. The van der Waals surface area contributed by atoms with Gasteiger partial charge in [-0.3, -0.25) is 20.0 Å². The molecule has 1 fully saturated rings. The normalized spacial score (nSPS) is 14.6. The van der Waals surface area contributed by atoms with Crippen molar-refractivity contribution in [2.24, 2.45) is 0 Å². The third-order valence-corrected chi connectivity index (χ3v) is 6.85. The van der Waals surface area contributed by atoms with E-state index < -0.39 is 0 Å². The van der Waals surface area contributed by atoms with E-state index in [9.17, 15) is 4.79 Å². The number of ether oxygens (including phenoxy) is 3. The number of aromatic nitrogens is 3. The van der Waals surface area contributed by atoms with E-state index in [1.807, 2.05) is 30.3 Å². The van der Waals surface area contributed by atoms with Gasteiger partial charge in [-0.2, -0.15) is 0 Å². The van der Waals surface area contributed by atoms with Crippen LogP contribution in [0, 0.1) is 0 Å². The van der Waals surface area contributed by atoms with E-state index in [1.54, 1.807) is 37.7 Å². The number of carbonyl (C=O) groups excluding carboxylic acids is 1. The molecule has 0 saturated carbocycles. The maximum Gasteiger partial charge on any atom is 0.257 e. The van der Waals surface area contributed by atoms with Gasteiger partial charge in [-0.05, 0) is 35.9 Å². The molecule has 0 radical (unpaired) electrons. The number of nitrogens with zero attached hydrogens (tertiary/aromatic N) is 4. The lowest BCUT2D eigenvalue weighted by atomic mass is 10.1. The first kappa shape index (κ1) is 24.8. The van der Waals surface area contributed by atoms with Gasteiger partial charge in [0, 0.05) is 43.2 Å². The summed E-state index contributed by atoms with van der Waals surface area (Å²) < 4.78 is 17.6. The quantitative estimate of drug-likeness (QED) is 0.351. The number of hydrogen-bond donors (Lipinski definition) is 1. The van der Waals surface area contributed by atoms with E-state index >= 15 is 0 Å². The van der Waals surface area contributed by atoms with Crippen molar-refractivity contribution in [3.63, 3.8) is 0 Å². The van der Waals surface area contributed by atoms with Crippen LogP contribution in [0.2, 0.25) is 0 Å². The minimum Gasteiger partial charge on any atom is -0.493 e. The van der Waals surface area contributed by atoms with E-state index in [-0.39, 0.29) is 12.0 Å². The molecule has 2 aromatic carbocycles. The highest BCUT2D eigenvalue weighted by atomic mass is 32.1.